The molecule has 1 N–H and O–H groups in total. The Kier molecular flexibility index (Phi) is 4.05. The van der Waals surface area contributed by atoms with Crippen LogP contribution in [0.3, 0.4) is 0 Å². The van der Waals surface area contributed by atoms with Crippen LogP contribution in [0.5, 0.6) is 0 Å². The first kappa shape index (κ1) is 13.6. The fraction of sp³-hybridized carbons (Fsp3) is 0.733. The number of carbonyl (C=O) groups excluding carboxylic acids is 1. The summed E-state index contributed by atoms with van der Waals surface area (Å²) in [6.07, 6.45) is 7.22. The van der Waals surface area contributed by atoms with Crippen LogP contribution in [0.15, 0.2) is 6.20 Å². The van der Waals surface area contributed by atoms with Crippen LogP contribution in [0.25, 0.3) is 0 Å². The van der Waals surface area contributed by atoms with Gasteiger partial charge in [-0.2, -0.15) is 0 Å². The molecule has 1 amide bonds. The summed E-state index contributed by atoms with van der Waals surface area (Å²) in [7, 11) is 0. The van der Waals surface area contributed by atoms with Crippen molar-refractivity contribution in [2.24, 2.45) is 5.92 Å². The molecule has 110 valence electrons. The molecule has 0 bridgehead atoms. The van der Waals surface area contributed by atoms with Crippen LogP contribution in [0.1, 0.15) is 37.7 Å². The molecule has 3 heterocycles. The summed E-state index contributed by atoms with van der Waals surface area (Å²) < 4.78 is 7.72. The van der Waals surface area contributed by atoms with Crippen LogP contribution in [0.4, 0.5) is 0 Å². The van der Waals surface area contributed by atoms with Crippen LogP contribution < -0.4 is 5.32 Å². The van der Waals surface area contributed by atoms with Gasteiger partial charge in [-0.15, -0.1) is 0 Å². The van der Waals surface area contributed by atoms with Crippen LogP contribution in [0.2, 0.25) is 0 Å². The third-order valence-corrected chi connectivity index (χ3v) is 4.28. The second-order valence-corrected chi connectivity index (χ2v) is 5.90. The van der Waals surface area contributed by atoms with Crippen molar-refractivity contribution in [3.05, 3.63) is 17.7 Å². The molecule has 20 heavy (non-hydrogen) atoms. The first-order valence-corrected chi connectivity index (χ1v) is 7.68. The van der Waals surface area contributed by atoms with E-state index in [-0.39, 0.29) is 12.0 Å². The number of aromatic nitrogens is 2. The van der Waals surface area contributed by atoms with Crippen molar-refractivity contribution < 1.29 is 9.53 Å². The SMILES string of the molecule is C[C@@H]1CCO[C@H]1C(=O)NCCc1cn2c(n1)CCCC2. The van der Waals surface area contributed by atoms with Gasteiger partial charge >= 0.3 is 0 Å². The van der Waals surface area contributed by atoms with Gasteiger partial charge in [0.2, 0.25) is 5.91 Å². The number of hydrogen-bond acceptors (Lipinski definition) is 3. The van der Waals surface area contributed by atoms with Crippen molar-refractivity contribution in [3.63, 3.8) is 0 Å². The normalized spacial score (nSPS) is 25.4. The highest BCUT2D eigenvalue weighted by Crippen LogP contribution is 2.20. The molecule has 3 rings (SSSR count). The Morgan fingerprint density at radius 2 is 2.45 bits per heavy atom. The second kappa shape index (κ2) is 5.95. The number of fused-ring (bicyclic) bond motifs is 1. The first-order chi connectivity index (χ1) is 9.74. The highest BCUT2D eigenvalue weighted by Gasteiger charge is 2.30. The Hall–Kier alpha value is -1.36. The molecule has 2 aliphatic heterocycles. The van der Waals surface area contributed by atoms with Gasteiger partial charge in [-0.1, -0.05) is 6.92 Å². The Morgan fingerprint density at radius 1 is 1.55 bits per heavy atom. The van der Waals surface area contributed by atoms with E-state index >= 15 is 0 Å². The molecule has 0 radical (unpaired) electrons. The summed E-state index contributed by atoms with van der Waals surface area (Å²) in [5.41, 5.74) is 1.09. The lowest BCUT2D eigenvalue weighted by Crippen LogP contribution is -2.38. The summed E-state index contributed by atoms with van der Waals surface area (Å²) in [5.74, 6) is 1.55. The largest absolute Gasteiger partial charge is 0.368 e. The zero-order valence-corrected chi connectivity index (χ0v) is 12.1. The quantitative estimate of drug-likeness (QED) is 0.902. The van der Waals surface area contributed by atoms with E-state index < -0.39 is 0 Å². The summed E-state index contributed by atoms with van der Waals surface area (Å²) >= 11 is 0. The maximum absolute atomic E-state index is 12.0. The second-order valence-electron chi connectivity index (χ2n) is 5.90. The van der Waals surface area contributed by atoms with Crippen molar-refractivity contribution >= 4 is 5.91 Å². The number of imidazole rings is 1. The number of nitrogens with zero attached hydrogens (tertiary/aromatic N) is 2. The predicted octanol–water partition coefficient (Wildman–Crippen LogP) is 1.30. The molecule has 2 aliphatic rings. The van der Waals surface area contributed by atoms with E-state index in [9.17, 15) is 4.79 Å². The zero-order valence-electron chi connectivity index (χ0n) is 12.1. The van der Waals surface area contributed by atoms with Gasteiger partial charge in [-0.05, 0) is 25.2 Å². The third-order valence-electron chi connectivity index (χ3n) is 4.28. The van der Waals surface area contributed by atoms with Crippen molar-refractivity contribution in [1.82, 2.24) is 14.9 Å². The van der Waals surface area contributed by atoms with Crippen molar-refractivity contribution in [2.75, 3.05) is 13.2 Å². The molecule has 5 heteroatoms. The number of rotatable bonds is 4. The van der Waals surface area contributed by atoms with E-state index in [0.717, 1.165) is 31.5 Å². The standard InChI is InChI=1S/C15H23N3O2/c1-11-6-9-20-14(11)15(19)16-7-5-12-10-18-8-3-2-4-13(18)17-12/h10-11,14H,2-9H2,1H3,(H,16,19)/t11-,14-/m1/s1. The highest BCUT2D eigenvalue weighted by atomic mass is 16.5. The molecule has 1 aromatic heterocycles. The molecule has 1 aromatic rings. The summed E-state index contributed by atoms with van der Waals surface area (Å²) in [5, 5.41) is 2.97. The van der Waals surface area contributed by atoms with Crippen molar-refractivity contribution in [1.29, 1.82) is 0 Å². The van der Waals surface area contributed by atoms with Crippen molar-refractivity contribution in [3.8, 4) is 0 Å². The van der Waals surface area contributed by atoms with Gasteiger partial charge in [-0.3, -0.25) is 4.79 Å². The maximum atomic E-state index is 12.0. The molecule has 1 saturated heterocycles. The maximum Gasteiger partial charge on any atom is 0.249 e. The molecule has 0 saturated carbocycles. The molecule has 0 spiro atoms. The number of carbonyl (C=O) groups is 1. The van der Waals surface area contributed by atoms with E-state index in [1.165, 1.54) is 18.7 Å². The monoisotopic (exact) mass is 277 g/mol. The Labute approximate surface area is 119 Å². The summed E-state index contributed by atoms with van der Waals surface area (Å²) in [4.78, 5) is 16.6. The van der Waals surface area contributed by atoms with Gasteiger partial charge in [-0.25, -0.2) is 4.98 Å². The van der Waals surface area contributed by atoms with Gasteiger partial charge in [0.05, 0.1) is 5.69 Å². The molecule has 5 nitrogen and oxygen atoms in total. The number of amides is 1. The fourth-order valence-corrected chi connectivity index (χ4v) is 3.04. The minimum absolute atomic E-state index is 0.0268. The lowest BCUT2D eigenvalue weighted by molar-refractivity contribution is -0.131. The molecule has 0 aliphatic carbocycles. The smallest absolute Gasteiger partial charge is 0.249 e. The van der Waals surface area contributed by atoms with Gasteiger partial charge in [0.1, 0.15) is 11.9 Å². The Morgan fingerprint density at radius 3 is 3.20 bits per heavy atom. The van der Waals surface area contributed by atoms with Crippen LogP contribution in [0, 0.1) is 5.92 Å². The van der Waals surface area contributed by atoms with Crippen molar-refractivity contribution in [2.45, 2.75) is 51.7 Å². The van der Waals surface area contributed by atoms with Crippen LogP contribution >= 0.6 is 0 Å². The van der Waals surface area contributed by atoms with E-state index in [0.29, 0.717) is 19.1 Å². The van der Waals surface area contributed by atoms with Crippen LogP contribution in [-0.4, -0.2) is 34.7 Å². The predicted molar refractivity (Wildman–Crippen MR) is 75.4 cm³/mol. The number of hydrogen-bond donors (Lipinski definition) is 1. The first-order valence-electron chi connectivity index (χ1n) is 7.68. The van der Waals surface area contributed by atoms with E-state index in [1.807, 2.05) is 0 Å². The summed E-state index contributed by atoms with van der Waals surface area (Å²) in [6.45, 7) is 4.50. The lowest BCUT2D eigenvalue weighted by Gasteiger charge is -2.13. The lowest BCUT2D eigenvalue weighted by atomic mass is 10.0. The summed E-state index contributed by atoms with van der Waals surface area (Å²) in [6, 6.07) is 0. The molecule has 0 aromatic carbocycles. The average Bonchev–Trinajstić information content (AvgIpc) is 3.04. The average molecular weight is 277 g/mol. The zero-order chi connectivity index (χ0) is 13.9. The molecule has 0 unspecified atom stereocenters. The number of aryl methyl sites for hydroxylation is 2. The topological polar surface area (TPSA) is 56.1 Å². The van der Waals surface area contributed by atoms with Gasteiger partial charge < -0.3 is 14.6 Å². The van der Waals surface area contributed by atoms with E-state index in [1.54, 1.807) is 0 Å². The number of nitrogens with one attached hydrogen (secondary N) is 1. The molecular weight excluding hydrogens is 254 g/mol. The highest BCUT2D eigenvalue weighted by molar-refractivity contribution is 5.81. The molecule has 2 atom stereocenters. The third kappa shape index (κ3) is 2.87. The number of ether oxygens (including phenoxy) is 1. The van der Waals surface area contributed by atoms with Gasteiger partial charge in [0, 0.05) is 38.7 Å². The Balaban J connectivity index is 1.47. The molecule has 1 fully saturated rings. The molecular formula is C15H23N3O2. The van der Waals surface area contributed by atoms with E-state index in [4.69, 9.17) is 4.74 Å². The minimum Gasteiger partial charge on any atom is -0.368 e. The van der Waals surface area contributed by atoms with Gasteiger partial charge in [0.15, 0.2) is 0 Å². The van der Waals surface area contributed by atoms with Gasteiger partial charge in [0.25, 0.3) is 0 Å². The van der Waals surface area contributed by atoms with E-state index in [2.05, 4.69) is 28.0 Å². The minimum atomic E-state index is -0.259. The van der Waals surface area contributed by atoms with Crippen LogP contribution in [-0.2, 0) is 28.9 Å². The Bertz CT molecular complexity index is 460. The fourth-order valence-electron chi connectivity index (χ4n) is 3.04.